The van der Waals surface area contributed by atoms with Gasteiger partial charge in [0, 0.05) is 6.54 Å². The number of rotatable bonds is 6. The third kappa shape index (κ3) is 5.60. The van der Waals surface area contributed by atoms with E-state index < -0.39 is 6.09 Å². The van der Waals surface area contributed by atoms with Crippen molar-refractivity contribution in [3.8, 4) is 0 Å². The topological polar surface area (TPSA) is 64.6 Å². The SMILES string of the molecule is COC(=O)c1cc(C=CCNC(=O)OCc2ccccc2)cs1. The van der Waals surface area contributed by atoms with E-state index in [0.29, 0.717) is 11.4 Å². The van der Waals surface area contributed by atoms with Crippen LogP contribution >= 0.6 is 11.3 Å². The van der Waals surface area contributed by atoms with Crippen molar-refractivity contribution >= 4 is 29.5 Å². The molecule has 0 saturated carbocycles. The molecule has 6 heteroatoms. The Balaban J connectivity index is 1.70. The number of hydrogen-bond acceptors (Lipinski definition) is 5. The summed E-state index contributed by atoms with van der Waals surface area (Å²) < 4.78 is 9.73. The number of benzene rings is 1. The maximum Gasteiger partial charge on any atom is 0.407 e. The van der Waals surface area contributed by atoms with Crippen molar-refractivity contribution in [2.45, 2.75) is 6.61 Å². The number of methoxy groups -OCH3 is 1. The third-order valence-corrected chi connectivity index (χ3v) is 3.82. The number of carbonyl (C=O) groups is 2. The van der Waals surface area contributed by atoms with Gasteiger partial charge in [0.05, 0.1) is 7.11 Å². The molecule has 1 amide bonds. The van der Waals surface area contributed by atoms with E-state index in [1.54, 1.807) is 12.1 Å². The molecule has 0 fully saturated rings. The summed E-state index contributed by atoms with van der Waals surface area (Å²) in [6, 6.07) is 11.2. The Bertz CT molecular complexity index is 679. The second-order valence-electron chi connectivity index (χ2n) is 4.58. The maximum atomic E-state index is 11.5. The van der Waals surface area contributed by atoms with Crippen LogP contribution in [0.25, 0.3) is 6.08 Å². The minimum absolute atomic E-state index is 0.239. The highest BCUT2D eigenvalue weighted by Crippen LogP contribution is 2.16. The van der Waals surface area contributed by atoms with Crippen LogP contribution in [0.1, 0.15) is 20.8 Å². The van der Waals surface area contributed by atoms with Crippen molar-refractivity contribution in [1.82, 2.24) is 5.32 Å². The molecule has 1 N–H and O–H groups in total. The summed E-state index contributed by atoms with van der Waals surface area (Å²) in [5, 5.41) is 4.47. The molecular weight excluding hydrogens is 314 g/mol. The molecule has 0 aliphatic rings. The highest BCUT2D eigenvalue weighted by atomic mass is 32.1. The first-order valence-corrected chi connectivity index (χ1v) is 7.85. The second-order valence-corrected chi connectivity index (χ2v) is 5.49. The highest BCUT2D eigenvalue weighted by molar-refractivity contribution is 7.12. The highest BCUT2D eigenvalue weighted by Gasteiger charge is 2.07. The summed E-state index contributed by atoms with van der Waals surface area (Å²) >= 11 is 1.31. The molecular formula is C17H17NO4S. The molecule has 0 saturated heterocycles. The van der Waals surface area contributed by atoms with E-state index in [1.807, 2.05) is 41.8 Å². The Morgan fingerprint density at radius 2 is 2.04 bits per heavy atom. The Morgan fingerprint density at radius 1 is 1.26 bits per heavy atom. The molecule has 0 unspecified atom stereocenters. The van der Waals surface area contributed by atoms with Gasteiger partial charge in [-0.1, -0.05) is 42.5 Å². The van der Waals surface area contributed by atoms with Crippen molar-refractivity contribution in [1.29, 1.82) is 0 Å². The van der Waals surface area contributed by atoms with Crippen molar-refractivity contribution in [3.05, 3.63) is 63.9 Å². The van der Waals surface area contributed by atoms with Crippen LogP contribution in [0.15, 0.2) is 47.9 Å². The summed E-state index contributed by atoms with van der Waals surface area (Å²) in [6.07, 6.45) is 3.13. The monoisotopic (exact) mass is 331 g/mol. The molecule has 5 nitrogen and oxygen atoms in total. The molecule has 1 aromatic carbocycles. The standard InChI is InChI=1S/C17H17NO4S/c1-21-16(19)15-10-14(12-23-15)8-5-9-18-17(20)22-11-13-6-3-2-4-7-13/h2-8,10,12H,9,11H2,1H3,(H,18,20). The van der Waals surface area contributed by atoms with E-state index >= 15 is 0 Å². The Hall–Kier alpha value is -2.60. The molecule has 0 radical (unpaired) electrons. The molecule has 2 aromatic rings. The minimum Gasteiger partial charge on any atom is -0.465 e. The number of nitrogens with one attached hydrogen (secondary N) is 1. The molecule has 23 heavy (non-hydrogen) atoms. The second kappa shape index (κ2) is 8.75. The maximum absolute atomic E-state index is 11.5. The molecule has 2 rings (SSSR count). The van der Waals surface area contributed by atoms with Gasteiger partial charge in [0.15, 0.2) is 0 Å². The van der Waals surface area contributed by atoms with Gasteiger partial charge in [-0.2, -0.15) is 0 Å². The zero-order chi connectivity index (χ0) is 16.5. The fourth-order valence-corrected chi connectivity index (χ4v) is 2.55. The average molecular weight is 331 g/mol. The van der Waals surface area contributed by atoms with Crippen molar-refractivity contribution in [3.63, 3.8) is 0 Å². The number of ether oxygens (including phenoxy) is 2. The van der Waals surface area contributed by atoms with Gasteiger partial charge in [0.2, 0.25) is 0 Å². The van der Waals surface area contributed by atoms with E-state index in [1.165, 1.54) is 18.4 Å². The number of hydrogen-bond donors (Lipinski definition) is 1. The van der Waals surface area contributed by atoms with Gasteiger partial charge in [-0.25, -0.2) is 9.59 Å². The first-order valence-electron chi connectivity index (χ1n) is 6.97. The van der Waals surface area contributed by atoms with Gasteiger partial charge in [0.1, 0.15) is 11.5 Å². The summed E-state index contributed by atoms with van der Waals surface area (Å²) in [6.45, 7) is 0.584. The van der Waals surface area contributed by atoms with Crippen LogP contribution in [0, 0.1) is 0 Å². The lowest BCUT2D eigenvalue weighted by atomic mass is 10.2. The lowest BCUT2D eigenvalue weighted by Crippen LogP contribution is -2.24. The Morgan fingerprint density at radius 3 is 2.78 bits per heavy atom. The van der Waals surface area contributed by atoms with Crippen LogP contribution in [0.3, 0.4) is 0 Å². The van der Waals surface area contributed by atoms with Crippen LogP contribution in [0.5, 0.6) is 0 Å². The van der Waals surface area contributed by atoms with Gasteiger partial charge in [-0.05, 0) is 22.6 Å². The molecule has 0 bridgehead atoms. The van der Waals surface area contributed by atoms with Crippen LogP contribution in [0.2, 0.25) is 0 Å². The summed E-state index contributed by atoms with van der Waals surface area (Å²) in [5.74, 6) is -0.350. The summed E-state index contributed by atoms with van der Waals surface area (Å²) in [5.41, 5.74) is 1.82. The number of esters is 1. The quantitative estimate of drug-likeness (QED) is 0.823. The fraction of sp³-hybridized carbons (Fsp3) is 0.176. The Kier molecular flexibility index (Phi) is 6.38. The fourth-order valence-electron chi connectivity index (χ4n) is 1.76. The zero-order valence-electron chi connectivity index (χ0n) is 12.7. The van der Waals surface area contributed by atoms with E-state index in [0.717, 1.165) is 11.1 Å². The average Bonchev–Trinajstić information content (AvgIpc) is 3.06. The van der Waals surface area contributed by atoms with Crippen LogP contribution in [0.4, 0.5) is 4.79 Å². The minimum atomic E-state index is -0.473. The smallest absolute Gasteiger partial charge is 0.407 e. The van der Waals surface area contributed by atoms with Crippen LogP contribution < -0.4 is 5.32 Å². The molecule has 1 aromatic heterocycles. The van der Waals surface area contributed by atoms with Gasteiger partial charge >= 0.3 is 12.1 Å². The first kappa shape index (κ1) is 16.8. The van der Waals surface area contributed by atoms with Crippen LogP contribution in [-0.2, 0) is 16.1 Å². The van der Waals surface area contributed by atoms with Gasteiger partial charge in [-0.15, -0.1) is 11.3 Å². The lowest BCUT2D eigenvalue weighted by molar-refractivity contribution is 0.0606. The predicted molar refractivity (Wildman–Crippen MR) is 89.3 cm³/mol. The van der Waals surface area contributed by atoms with Gasteiger partial charge < -0.3 is 14.8 Å². The van der Waals surface area contributed by atoms with E-state index in [9.17, 15) is 9.59 Å². The largest absolute Gasteiger partial charge is 0.465 e. The molecule has 0 aliphatic heterocycles. The number of carbonyl (C=O) groups excluding carboxylic acids is 2. The number of thiophene rings is 1. The predicted octanol–water partition coefficient (Wildman–Crippen LogP) is 3.47. The normalized spacial score (nSPS) is 10.5. The van der Waals surface area contributed by atoms with Gasteiger partial charge in [0.25, 0.3) is 0 Å². The van der Waals surface area contributed by atoms with Crippen molar-refractivity contribution in [2.24, 2.45) is 0 Å². The van der Waals surface area contributed by atoms with Crippen LogP contribution in [-0.4, -0.2) is 25.7 Å². The summed E-state index contributed by atoms with van der Waals surface area (Å²) in [4.78, 5) is 23.4. The van der Waals surface area contributed by atoms with Crippen molar-refractivity contribution in [2.75, 3.05) is 13.7 Å². The van der Waals surface area contributed by atoms with E-state index in [2.05, 4.69) is 10.1 Å². The molecule has 1 heterocycles. The number of amides is 1. The lowest BCUT2D eigenvalue weighted by Gasteiger charge is -2.05. The van der Waals surface area contributed by atoms with Gasteiger partial charge in [-0.3, -0.25) is 0 Å². The first-order chi connectivity index (χ1) is 11.2. The van der Waals surface area contributed by atoms with Crippen molar-refractivity contribution < 1.29 is 19.1 Å². The molecule has 0 aliphatic carbocycles. The number of alkyl carbamates (subject to hydrolysis) is 1. The molecule has 0 spiro atoms. The third-order valence-electron chi connectivity index (χ3n) is 2.89. The Labute approximate surface area is 138 Å². The summed E-state index contributed by atoms with van der Waals surface area (Å²) in [7, 11) is 1.35. The van der Waals surface area contributed by atoms with E-state index in [-0.39, 0.29) is 12.6 Å². The molecule has 120 valence electrons. The zero-order valence-corrected chi connectivity index (χ0v) is 13.5. The molecule has 0 atom stereocenters. The van der Waals surface area contributed by atoms with E-state index in [4.69, 9.17) is 4.74 Å².